The maximum absolute atomic E-state index is 12.4. The fourth-order valence-electron chi connectivity index (χ4n) is 3.80. The average molecular weight is 463 g/mol. The molecule has 11 heteroatoms. The third kappa shape index (κ3) is 4.03. The third-order valence-electron chi connectivity index (χ3n) is 5.57. The average Bonchev–Trinajstić information content (AvgIpc) is 3.32. The highest BCUT2D eigenvalue weighted by molar-refractivity contribution is 5.91. The molecule has 0 fully saturated rings. The summed E-state index contributed by atoms with van der Waals surface area (Å²) in [5.41, 5.74) is 5.00. The summed E-state index contributed by atoms with van der Waals surface area (Å²) >= 11 is 0. The normalized spacial score (nSPS) is 11.3. The van der Waals surface area contributed by atoms with E-state index < -0.39 is 0 Å². The SMILES string of the molecule is COc1c(/C=N/O)c(-c2ccc(OCc3c(C)cccc3-n3nnn(C)c3=O)c(C)c2)nn1C. The van der Waals surface area contributed by atoms with Gasteiger partial charge in [-0.1, -0.05) is 17.3 Å². The van der Waals surface area contributed by atoms with Crippen LogP contribution >= 0.6 is 0 Å². The van der Waals surface area contributed by atoms with Crippen LogP contribution in [0.25, 0.3) is 16.9 Å². The quantitative estimate of drug-likeness (QED) is 0.254. The van der Waals surface area contributed by atoms with Crippen LogP contribution in [0.2, 0.25) is 0 Å². The molecule has 0 saturated heterocycles. The Morgan fingerprint density at radius 1 is 1.09 bits per heavy atom. The van der Waals surface area contributed by atoms with Crippen LogP contribution in [0.15, 0.2) is 46.3 Å². The van der Waals surface area contributed by atoms with E-state index in [4.69, 9.17) is 14.7 Å². The molecule has 2 heterocycles. The molecule has 2 aromatic heterocycles. The van der Waals surface area contributed by atoms with Crippen molar-refractivity contribution < 1.29 is 14.7 Å². The van der Waals surface area contributed by atoms with Crippen molar-refractivity contribution in [1.82, 2.24) is 29.6 Å². The topological polar surface area (TPSA) is 122 Å². The van der Waals surface area contributed by atoms with E-state index in [1.165, 1.54) is 22.7 Å². The van der Waals surface area contributed by atoms with Crippen molar-refractivity contribution in [3.8, 4) is 28.6 Å². The number of hydrogen-bond donors (Lipinski definition) is 1. The molecule has 0 aliphatic heterocycles. The number of oxime groups is 1. The molecule has 0 aliphatic carbocycles. The molecule has 0 spiro atoms. The molecule has 1 N–H and O–H groups in total. The van der Waals surface area contributed by atoms with Crippen molar-refractivity contribution in [3.63, 3.8) is 0 Å². The van der Waals surface area contributed by atoms with E-state index in [1.54, 1.807) is 18.8 Å². The maximum Gasteiger partial charge on any atom is 0.368 e. The molecule has 0 aliphatic rings. The van der Waals surface area contributed by atoms with Gasteiger partial charge in [0.1, 0.15) is 18.1 Å². The van der Waals surface area contributed by atoms with Crippen LogP contribution in [-0.2, 0) is 20.7 Å². The highest BCUT2D eigenvalue weighted by Gasteiger charge is 2.19. The zero-order valence-corrected chi connectivity index (χ0v) is 19.6. The van der Waals surface area contributed by atoms with E-state index in [0.29, 0.717) is 28.6 Å². The lowest BCUT2D eigenvalue weighted by atomic mass is 10.0. The Morgan fingerprint density at radius 3 is 2.53 bits per heavy atom. The monoisotopic (exact) mass is 463 g/mol. The van der Waals surface area contributed by atoms with Crippen LogP contribution in [0.4, 0.5) is 0 Å². The Bertz CT molecular complexity index is 1430. The van der Waals surface area contributed by atoms with Gasteiger partial charge in [-0.05, 0) is 59.7 Å². The van der Waals surface area contributed by atoms with Crippen molar-refractivity contribution in [1.29, 1.82) is 0 Å². The highest BCUT2D eigenvalue weighted by Crippen LogP contribution is 2.32. The van der Waals surface area contributed by atoms with Crippen LogP contribution < -0.4 is 15.2 Å². The first-order chi connectivity index (χ1) is 16.3. The van der Waals surface area contributed by atoms with Gasteiger partial charge in [-0.2, -0.15) is 14.5 Å². The second kappa shape index (κ2) is 9.22. The lowest BCUT2D eigenvalue weighted by molar-refractivity contribution is 0.302. The van der Waals surface area contributed by atoms with Gasteiger partial charge in [0.2, 0.25) is 5.88 Å². The van der Waals surface area contributed by atoms with Crippen molar-refractivity contribution >= 4 is 6.21 Å². The first kappa shape index (κ1) is 22.8. The first-order valence-electron chi connectivity index (χ1n) is 10.5. The fourth-order valence-corrected chi connectivity index (χ4v) is 3.80. The van der Waals surface area contributed by atoms with Gasteiger partial charge in [0, 0.05) is 25.2 Å². The molecule has 0 saturated carbocycles. The van der Waals surface area contributed by atoms with Gasteiger partial charge in [-0.25, -0.2) is 9.48 Å². The van der Waals surface area contributed by atoms with Gasteiger partial charge >= 0.3 is 5.69 Å². The van der Waals surface area contributed by atoms with Crippen molar-refractivity contribution in [3.05, 3.63) is 69.1 Å². The minimum atomic E-state index is -0.333. The van der Waals surface area contributed by atoms with Crippen LogP contribution in [0.3, 0.4) is 0 Å². The number of methoxy groups -OCH3 is 1. The minimum absolute atomic E-state index is 0.241. The zero-order chi connectivity index (χ0) is 24.4. The molecule has 0 bridgehead atoms. The lowest BCUT2D eigenvalue weighted by Gasteiger charge is -2.14. The van der Waals surface area contributed by atoms with Gasteiger partial charge in [0.15, 0.2) is 0 Å². The maximum atomic E-state index is 12.4. The molecule has 176 valence electrons. The standard InChI is InChI=1S/C23H25N7O4/c1-14-7-6-8-19(30-23(31)29(4)26-27-30)18(14)13-34-20-10-9-16(11-15(20)2)21-17(12-24-32)22(33-5)28(3)25-21/h6-12,32H,13H2,1-5H3/b24-12+. The Morgan fingerprint density at radius 2 is 1.88 bits per heavy atom. The summed E-state index contributed by atoms with van der Waals surface area (Å²) in [5, 5.41) is 24.5. The Balaban J connectivity index is 1.64. The number of aryl methyl sites for hydroxylation is 4. The minimum Gasteiger partial charge on any atom is -0.489 e. The van der Waals surface area contributed by atoms with E-state index >= 15 is 0 Å². The number of ether oxygens (including phenoxy) is 2. The summed E-state index contributed by atoms with van der Waals surface area (Å²) < 4.78 is 15.6. The molecular weight excluding hydrogens is 438 g/mol. The second-order valence-corrected chi connectivity index (χ2v) is 7.78. The van der Waals surface area contributed by atoms with Gasteiger partial charge in [-0.15, -0.1) is 0 Å². The molecule has 4 aromatic rings. The van der Waals surface area contributed by atoms with Crippen LogP contribution in [0.1, 0.15) is 22.3 Å². The summed E-state index contributed by atoms with van der Waals surface area (Å²) in [6.07, 6.45) is 1.30. The molecule has 11 nitrogen and oxygen atoms in total. The largest absolute Gasteiger partial charge is 0.489 e. The van der Waals surface area contributed by atoms with E-state index in [9.17, 15) is 4.79 Å². The van der Waals surface area contributed by atoms with E-state index in [0.717, 1.165) is 22.3 Å². The van der Waals surface area contributed by atoms with Gasteiger partial charge in [0.05, 0.1) is 24.6 Å². The predicted molar refractivity (Wildman–Crippen MR) is 125 cm³/mol. The van der Waals surface area contributed by atoms with Gasteiger partial charge < -0.3 is 14.7 Å². The van der Waals surface area contributed by atoms with Crippen molar-refractivity contribution in [2.45, 2.75) is 20.5 Å². The number of benzene rings is 2. The molecule has 4 rings (SSSR count). The van der Waals surface area contributed by atoms with E-state index in [1.807, 2.05) is 50.2 Å². The lowest BCUT2D eigenvalue weighted by Crippen LogP contribution is -2.23. The highest BCUT2D eigenvalue weighted by atomic mass is 16.5. The smallest absolute Gasteiger partial charge is 0.368 e. The van der Waals surface area contributed by atoms with Crippen molar-refractivity contribution in [2.24, 2.45) is 19.3 Å². The number of rotatable bonds is 7. The summed E-state index contributed by atoms with van der Waals surface area (Å²) in [6.45, 7) is 4.13. The Hall–Kier alpha value is -4.41. The molecule has 2 aromatic carbocycles. The Labute approximate surface area is 195 Å². The summed E-state index contributed by atoms with van der Waals surface area (Å²) in [6, 6.07) is 11.3. The first-order valence-corrected chi connectivity index (χ1v) is 10.5. The molecule has 0 radical (unpaired) electrons. The van der Waals surface area contributed by atoms with Gasteiger partial charge in [-0.3, -0.25) is 0 Å². The molecule has 0 unspecified atom stereocenters. The molecule has 0 amide bonds. The molecule has 0 atom stereocenters. The Kier molecular flexibility index (Phi) is 6.17. The third-order valence-corrected chi connectivity index (χ3v) is 5.57. The summed E-state index contributed by atoms with van der Waals surface area (Å²) in [5.74, 6) is 1.17. The van der Waals surface area contributed by atoms with E-state index in [-0.39, 0.29) is 12.3 Å². The van der Waals surface area contributed by atoms with Crippen LogP contribution in [0.5, 0.6) is 11.6 Å². The van der Waals surface area contributed by atoms with E-state index in [2.05, 4.69) is 20.7 Å². The van der Waals surface area contributed by atoms with Crippen molar-refractivity contribution in [2.75, 3.05) is 7.11 Å². The fraction of sp³-hybridized carbons (Fsp3) is 0.261. The molecular formula is C23H25N7O4. The second-order valence-electron chi connectivity index (χ2n) is 7.78. The number of tetrazole rings is 1. The van der Waals surface area contributed by atoms with Crippen LogP contribution in [0, 0.1) is 13.8 Å². The summed E-state index contributed by atoms with van der Waals surface area (Å²) in [4.78, 5) is 12.4. The number of nitrogens with zero attached hydrogens (tertiary/aromatic N) is 7. The van der Waals surface area contributed by atoms with Gasteiger partial charge in [0.25, 0.3) is 0 Å². The number of hydrogen-bond acceptors (Lipinski definition) is 8. The van der Waals surface area contributed by atoms with Crippen LogP contribution in [-0.4, -0.2) is 48.1 Å². The molecule has 34 heavy (non-hydrogen) atoms. The number of aromatic nitrogens is 6. The summed E-state index contributed by atoms with van der Waals surface area (Å²) in [7, 11) is 4.84. The zero-order valence-electron chi connectivity index (χ0n) is 19.6. The predicted octanol–water partition coefficient (Wildman–Crippen LogP) is 2.38.